The van der Waals surface area contributed by atoms with Crippen LogP contribution in [0.5, 0.6) is 0 Å². The Morgan fingerprint density at radius 3 is 2.33 bits per heavy atom. The smallest absolute Gasteiger partial charge is 0.193 e. The molecule has 0 aliphatic carbocycles. The number of ketones is 2. The molecule has 4 nitrogen and oxygen atoms in total. The Kier molecular flexibility index (Phi) is 7.35. The molecule has 0 amide bonds. The molecule has 0 aromatic heterocycles. The summed E-state index contributed by atoms with van der Waals surface area (Å²) in [4.78, 5) is 25.3. The first-order chi connectivity index (χ1) is 13.0. The van der Waals surface area contributed by atoms with Crippen LogP contribution in [0.3, 0.4) is 0 Å². The summed E-state index contributed by atoms with van der Waals surface area (Å²) in [5.41, 5.74) is 2.02. The second-order valence-electron chi connectivity index (χ2n) is 6.86. The van der Waals surface area contributed by atoms with E-state index >= 15 is 0 Å². The van der Waals surface area contributed by atoms with Crippen LogP contribution in [0.1, 0.15) is 60.5 Å². The Morgan fingerprint density at radius 2 is 1.67 bits per heavy atom. The molecule has 0 saturated carbocycles. The van der Waals surface area contributed by atoms with Crippen LogP contribution in [0.15, 0.2) is 54.6 Å². The first-order valence-corrected chi connectivity index (χ1v) is 9.27. The monoisotopic (exact) mass is 362 g/mol. The average molecular weight is 362 g/mol. The van der Waals surface area contributed by atoms with Crippen LogP contribution in [0.4, 0.5) is 0 Å². The number of hydrogen-bond donors (Lipinski definition) is 2. The highest BCUT2D eigenvalue weighted by molar-refractivity contribution is 6.41. The van der Waals surface area contributed by atoms with Crippen LogP contribution in [0.2, 0.25) is 0 Å². The number of benzene rings is 2. The lowest BCUT2D eigenvalue weighted by atomic mass is 9.86. The molecule has 4 heteroatoms. The molecule has 27 heavy (non-hydrogen) atoms. The Labute approximate surface area is 160 Å². The molecule has 0 spiro atoms. The van der Waals surface area contributed by atoms with Crippen molar-refractivity contribution >= 4 is 23.5 Å². The number of nitrogens with one attached hydrogen (secondary N) is 2. The van der Waals surface area contributed by atoms with Crippen molar-refractivity contribution in [3.05, 3.63) is 71.3 Å². The number of unbranched alkanes of at least 4 members (excludes halogenated alkanes) is 1. The van der Waals surface area contributed by atoms with E-state index in [2.05, 4.69) is 0 Å². The minimum absolute atomic E-state index is 0.0767. The summed E-state index contributed by atoms with van der Waals surface area (Å²) in [6.07, 6.45) is 3.55. The minimum Gasteiger partial charge on any atom is -0.313 e. The van der Waals surface area contributed by atoms with Crippen molar-refractivity contribution < 1.29 is 9.59 Å². The van der Waals surface area contributed by atoms with Gasteiger partial charge in [0.25, 0.3) is 0 Å². The van der Waals surface area contributed by atoms with Crippen molar-refractivity contribution in [3.8, 4) is 0 Å². The van der Waals surface area contributed by atoms with Gasteiger partial charge < -0.3 is 10.8 Å². The highest BCUT2D eigenvalue weighted by atomic mass is 16.1. The van der Waals surface area contributed by atoms with Crippen molar-refractivity contribution in [3.63, 3.8) is 0 Å². The average Bonchev–Trinajstić information content (AvgIpc) is 2.72. The van der Waals surface area contributed by atoms with E-state index in [1.807, 2.05) is 31.2 Å². The van der Waals surface area contributed by atoms with Crippen LogP contribution < -0.4 is 0 Å². The molecule has 2 N–H and O–H groups in total. The van der Waals surface area contributed by atoms with Gasteiger partial charge in [-0.05, 0) is 37.1 Å². The predicted octanol–water partition coefficient (Wildman–Crippen LogP) is 5.07. The topological polar surface area (TPSA) is 81.8 Å². The fourth-order valence-corrected chi connectivity index (χ4v) is 3.00. The maximum Gasteiger partial charge on any atom is 0.193 e. The maximum atomic E-state index is 12.7. The fraction of sp³-hybridized carbons (Fsp3) is 0.304. The van der Waals surface area contributed by atoms with E-state index in [1.165, 1.54) is 6.21 Å². The van der Waals surface area contributed by atoms with Crippen molar-refractivity contribution in [1.82, 2.24) is 0 Å². The zero-order chi connectivity index (χ0) is 19.8. The first kappa shape index (κ1) is 20.4. The molecule has 2 atom stereocenters. The number of hydrogen-bond acceptors (Lipinski definition) is 4. The van der Waals surface area contributed by atoms with E-state index < -0.39 is 5.92 Å². The van der Waals surface area contributed by atoms with Gasteiger partial charge in [-0.3, -0.25) is 9.59 Å². The Morgan fingerprint density at radius 1 is 1.00 bits per heavy atom. The largest absolute Gasteiger partial charge is 0.313 e. The van der Waals surface area contributed by atoms with Crippen LogP contribution in [0, 0.1) is 16.7 Å². The summed E-state index contributed by atoms with van der Waals surface area (Å²) in [6.45, 7) is 3.67. The molecule has 0 saturated heterocycles. The second kappa shape index (κ2) is 9.72. The third-order valence-electron chi connectivity index (χ3n) is 4.82. The lowest BCUT2D eigenvalue weighted by molar-refractivity contribution is -0.114. The first-order valence-electron chi connectivity index (χ1n) is 9.27. The van der Waals surface area contributed by atoms with E-state index in [4.69, 9.17) is 10.8 Å². The highest BCUT2D eigenvalue weighted by Gasteiger charge is 2.24. The number of Topliss-reactive ketones (excluding diaryl/α,β-unsaturated/α-hetero) is 1. The molecule has 2 aromatic carbocycles. The van der Waals surface area contributed by atoms with E-state index in [-0.39, 0.29) is 23.2 Å². The van der Waals surface area contributed by atoms with Gasteiger partial charge in [0.1, 0.15) is 0 Å². The van der Waals surface area contributed by atoms with Crippen molar-refractivity contribution in [1.29, 1.82) is 10.8 Å². The Hall–Kier alpha value is -2.88. The van der Waals surface area contributed by atoms with E-state index in [9.17, 15) is 9.59 Å². The molecule has 0 aliphatic rings. The van der Waals surface area contributed by atoms with E-state index in [0.29, 0.717) is 17.5 Å². The van der Waals surface area contributed by atoms with Gasteiger partial charge in [0.15, 0.2) is 11.6 Å². The number of carbonyl (C=O) groups excluding carboxylic acids is 2. The Bertz CT molecular complexity index is 827. The van der Waals surface area contributed by atoms with Gasteiger partial charge in [-0.25, -0.2) is 0 Å². The standard InChI is InChI=1S/C23H26N2O2/c1-16(9-6-7-14-24)21(25)22(26)17(2)19-12-8-13-20(15-19)23(27)18-10-4-3-5-11-18/h3-5,8,10-17,24-25H,6-7,9H2,1-2H3. The second-order valence-corrected chi connectivity index (χ2v) is 6.86. The summed E-state index contributed by atoms with van der Waals surface area (Å²) in [6, 6.07) is 16.2. The van der Waals surface area contributed by atoms with Gasteiger partial charge in [-0.15, -0.1) is 0 Å². The van der Waals surface area contributed by atoms with Crippen molar-refractivity contribution in [2.75, 3.05) is 0 Å². The van der Waals surface area contributed by atoms with Crippen LogP contribution in [0.25, 0.3) is 0 Å². The number of rotatable bonds is 10. The third-order valence-corrected chi connectivity index (χ3v) is 4.82. The summed E-state index contributed by atoms with van der Waals surface area (Å²) in [7, 11) is 0. The molecule has 0 heterocycles. The molecule has 140 valence electrons. The van der Waals surface area contributed by atoms with Gasteiger partial charge in [0.05, 0.1) is 5.71 Å². The van der Waals surface area contributed by atoms with Crippen molar-refractivity contribution in [2.45, 2.75) is 39.0 Å². The fourth-order valence-electron chi connectivity index (χ4n) is 3.00. The van der Waals surface area contributed by atoms with Gasteiger partial charge >= 0.3 is 0 Å². The molecule has 2 unspecified atom stereocenters. The normalized spacial score (nSPS) is 12.8. The van der Waals surface area contributed by atoms with Gasteiger partial charge in [0.2, 0.25) is 0 Å². The Balaban J connectivity index is 2.13. The van der Waals surface area contributed by atoms with Crippen LogP contribution in [-0.4, -0.2) is 23.5 Å². The van der Waals surface area contributed by atoms with Gasteiger partial charge in [0, 0.05) is 23.0 Å². The zero-order valence-corrected chi connectivity index (χ0v) is 15.9. The maximum absolute atomic E-state index is 12.7. The van der Waals surface area contributed by atoms with E-state index in [0.717, 1.165) is 18.4 Å². The number of carbonyl (C=O) groups is 2. The van der Waals surface area contributed by atoms with Crippen molar-refractivity contribution in [2.24, 2.45) is 5.92 Å². The SMILES string of the molecule is CC(CCCC=N)C(=N)C(=O)C(C)c1cccc(C(=O)c2ccccc2)c1. The predicted molar refractivity (Wildman–Crippen MR) is 109 cm³/mol. The molecule has 2 rings (SSSR count). The van der Waals surface area contributed by atoms with Gasteiger partial charge in [-0.2, -0.15) is 0 Å². The molecule has 0 fully saturated rings. The molecule has 2 aromatic rings. The minimum atomic E-state index is -0.466. The van der Waals surface area contributed by atoms with Crippen LogP contribution >= 0.6 is 0 Å². The quantitative estimate of drug-likeness (QED) is 0.351. The zero-order valence-electron chi connectivity index (χ0n) is 15.9. The summed E-state index contributed by atoms with van der Waals surface area (Å²) in [5.74, 6) is -0.880. The van der Waals surface area contributed by atoms with Crippen LogP contribution in [-0.2, 0) is 4.79 Å². The lowest BCUT2D eigenvalue weighted by Crippen LogP contribution is -2.25. The molecule has 0 aliphatic heterocycles. The lowest BCUT2D eigenvalue weighted by Gasteiger charge is -2.17. The summed E-state index contributed by atoms with van der Waals surface area (Å²) < 4.78 is 0. The van der Waals surface area contributed by atoms with Gasteiger partial charge in [-0.1, -0.05) is 62.4 Å². The third kappa shape index (κ3) is 5.30. The van der Waals surface area contributed by atoms with E-state index in [1.54, 1.807) is 37.3 Å². The highest BCUT2D eigenvalue weighted by Crippen LogP contribution is 2.22. The molecular weight excluding hydrogens is 336 g/mol. The molecule has 0 radical (unpaired) electrons. The summed E-state index contributed by atoms with van der Waals surface area (Å²) in [5, 5.41) is 15.3. The molecule has 0 bridgehead atoms. The summed E-state index contributed by atoms with van der Waals surface area (Å²) >= 11 is 0. The molecular formula is C23H26N2O2.